The molecule has 28 heavy (non-hydrogen) atoms. The fraction of sp³-hybridized carbons (Fsp3) is 0.176. The number of nitro groups is 1. The first-order valence-electron chi connectivity index (χ1n) is 7.59. The van der Waals surface area contributed by atoms with Crippen molar-refractivity contribution in [1.29, 1.82) is 0 Å². The van der Waals surface area contributed by atoms with Gasteiger partial charge in [0.05, 0.1) is 21.9 Å². The minimum Gasteiger partial charge on any atom is -0.481 e. The summed E-state index contributed by atoms with van der Waals surface area (Å²) in [5.41, 5.74) is -1.10. The molecule has 0 atom stereocenters. The molecular weight excluding hydrogens is 401 g/mol. The average Bonchev–Trinajstić information content (AvgIpc) is 2.64. The van der Waals surface area contributed by atoms with Gasteiger partial charge in [-0.15, -0.1) is 0 Å². The Hall–Kier alpha value is -3.10. The molecule has 0 saturated heterocycles. The van der Waals surface area contributed by atoms with E-state index in [0.29, 0.717) is 0 Å². The Kier molecular flexibility index (Phi) is 6.61. The number of non-ortho nitro benzene ring substituents is 1. The predicted octanol–water partition coefficient (Wildman–Crippen LogP) is 2.97. The third-order valence-corrected chi connectivity index (χ3v) is 4.72. The molecule has 0 aliphatic heterocycles. The van der Waals surface area contributed by atoms with Gasteiger partial charge >= 0.3 is 6.18 Å². The van der Waals surface area contributed by atoms with E-state index in [1.165, 1.54) is 12.1 Å². The molecule has 0 aromatic heterocycles. The molecule has 0 bridgehead atoms. The summed E-state index contributed by atoms with van der Waals surface area (Å²) < 4.78 is 69.0. The smallest absolute Gasteiger partial charge is 0.416 e. The highest BCUT2D eigenvalue weighted by atomic mass is 32.2. The Labute approximate surface area is 158 Å². The largest absolute Gasteiger partial charge is 0.481 e. The van der Waals surface area contributed by atoms with Gasteiger partial charge in [0.15, 0.2) is 0 Å². The first-order valence-corrected chi connectivity index (χ1v) is 9.08. The van der Waals surface area contributed by atoms with Crippen molar-refractivity contribution in [3.63, 3.8) is 0 Å². The molecule has 0 heterocycles. The van der Waals surface area contributed by atoms with E-state index in [9.17, 15) is 31.7 Å². The van der Waals surface area contributed by atoms with Gasteiger partial charge in [0.2, 0.25) is 10.0 Å². The molecule has 148 valence electrons. The van der Waals surface area contributed by atoms with Crippen LogP contribution in [0.4, 0.5) is 18.9 Å². The lowest BCUT2D eigenvalue weighted by molar-refractivity contribution is -0.384. The molecule has 2 aromatic carbocycles. The monoisotopic (exact) mass is 414 g/mol. The summed E-state index contributed by atoms with van der Waals surface area (Å²) >= 11 is 0. The number of nitrogens with zero attached hydrogens (tertiary/aromatic N) is 1. The molecule has 2 rings (SSSR count). The Morgan fingerprint density at radius 3 is 2.39 bits per heavy atom. The zero-order chi connectivity index (χ0) is 20.8. The van der Waals surface area contributed by atoms with Gasteiger partial charge in [0.1, 0.15) is 12.4 Å². The number of nitrogens with one attached hydrogen (secondary N) is 1. The number of hydrogen-bond donors (Lipinski definition) is 1. The van der Waals surface area contributed by atoms with Crippen LogP contribution in [0.2, 0.25) is 0 Å². The fourth-order valence-corrected chi connectivity index (χ4v) is 2.88. The van der Waals surface area contributed by atoms with Crippen LogP contribution in [-0.2, 0) is 16.2 Å². The van der Waals surface area contributed by atoms with Crippen molar-refractivity contribution in [3.05, 3.63) is 64.2 Å². The second kappa shape index (κ2) is 8.73. The van der Waals surface area contributed by atoms with E-state index in [4.69, 9.17) is 4.74 Å². The molecule has 0 amide bonds. The maximum atomic E-state index is 12.6. The lowest BCUT2D eigenvalue weighted by Gasteiger charge is -2.08. The summed E-state index contributed by atoms with van der Waals surface area (Å²) in [7, 11) is -3.90. The molecule has 0 fully saturated rings. The number of halogens is 3. The van der Waals surface area contributed by atoms with Crippen LogP contribution < -0.4 is 9.46 Å². The maximum Gasteiger partial charge on any atom is 0.416 e. The van der Waals surface area contributed by atoms with E-state index in [0.717, 1.165) is 36.4 Å². The molecule has 1 N–H and O–H groups in total. The second-order valence-corrected chi connectivity index (χ2v) is 7.01. The second-order valence-electron chi connectivity index (χ2n) is 5.24. The first-order chi connectivity index (χ1) is 13.1. The number of ether oxygens (including phenoxy) is 1. The van der Waals surface area contributed by atoms with Crippen LogP contribution in [0.15, 0.2) is 53.4 Å². The van der Waals surface area contributed by atoms with Gasteiger partial charge in [-0.2, -0.15) is 17.9 Å². The lowest BCUT2D eigenvalue weighted by Crippen LogP contribution is -2.24. The minimum atomic E-state index is -4.48. The van der Waals surface area contributed by atoms with E-state index >= 15 is 0 Å². The third-order valence-electron chi connectivity index (χ3n) is 3.31. The van der Waals surface area contributed by atoms with Crippen molar-refractivity contribution < 1.29 is 31.2 Å². The van der Waals surface area contributed by atoms with Crippen molar-refractivity contribution in [2.24, 2.45) is 0 Å². The molecule has 0 aliphatic carbocycles. The normalized spacial score (nSPS) is 11.4. The van der Waals surface area contributed by atoms with E-state index in [1.807, 2.05) is 0 Å². The minimum absolute atomic E-state index is 0.0180. The number of hydrogen-bond acceptors (Lipinski definition) is 5. The van der Waals surface area contributed by atoms with Gasteiger partial charge in [-0.05, 0) is 30.3 Å². The summed E-state index contributed by atoms with van der Waals surface area (Å²) in [6, 6.07) is 8.57. The van der Waals surface area contributed by atoms with E-state index in [-0.39, 0.29) is 29.5 Å². The Morgan fingerprint density at radius 2 is 1.79 bits per heavy atom. The summed E-state index contributed by atoms with van der Waals surface area (Å²) in [5.74, 6) is 4.91. The summed E-state index contributed by atoms with van der Waals surface area (Å²) in [6.07, 6.45) is -4.48. The highest BCUT2D eigenvalue weighted by Crippen LogP contribution is 2.31. The van der Waals surface area contributed by atoms with Crippen LogP contribution in [0.1, 0.15) is 5.56 Å². The number of rotatable bonds is 6. The fourth-order valence-electron chi connectivity index (χ4n) is 1.96. The number of nitro benzene ring substituents is 1. The third kappa shape index (κ3) is 5.97. The number of benzene rings is 2. The van der Waals surface area contributed by atoms with Crippen molar-refractivity contribution in [3.8, 4) is 17.6 Å². The van der Waals surface area contributed by atoms with Gasteiger partial charge in [0.25, 0.3) is 5.69 Å². The Bertz CT molecular complexity index is 1010. The summed E-state index contributed by atoms with van der Waals surface area (Å²) in [5, 5.41) is 10.6. The van der Waals surface area contributed by atoms with Gasteiger partial charge in [-0.1, -0.05) is 17.9 Å². The van der Waals surface area contributed by atoms with Crippen molar-refractivity contribution in [1.82, 2.24) is 4.72 Å². The van der Waals surface area contributed by atoms with Crippen molar-refractivity contribution in [2.45, 2.75) is 11.1 Å². The zero-order valence-corrected chi connectivity index (χ0v) is 14.9. The van der Waals surface area contributed by atoms with Gasteiger partial charge in [0, 0.05) is 12.1 Å². The Morgan fingerprint density at radius 1 is 1.11 bits per heavy atom. The lowest BCUT2D eigenvalue weighted by atomic mass is 10.2. The van der Waals surface area contributed by atoms with Crippen LogP contribution in [-0.4, -0.2) is 26.5 Å². The molecule has 0 unspecified atom stereocenters. The quantitative estimate of drug-likeness (QED) is 0.445. The zero-order valence-electron chi connectivity index (χ0n) is 14.1. The van der Waals surface area contributed by atoms with E-state index < -0.39 is 26.7 Å². The maximum absolute atomic E-state index is 12.6. The molecule has 0 saturated carbocycles. The standard InChI is InChI=1S/C17H13F3N2O5S/c18-17(19,20)13-4-3-5-15(12-13)27-11-2-1-10-21-28(25,26)16-8-6-14(7-9-16)22(23)24/h3-9,12,21H,10-11H2. The van der Waals surface area contributed by atoms with E-state index in [2.05, 4.69) is 16.6 Å². The van der Waals surface area contributed by atoms with E-state index in [1.54, 1.807) is 0 Å². The Balaban J connectivity index is 1.87. The highest BCUT2D eigenvalue weighted by molar-refractivity contribution is 7.89. The van der Waals surface area contributed by atoms with Crippen LogP contribution >= 0.6 is 0 Å². The molecular formula is C17H13F3N2O5S. The number of alkyl halides is 3. The molecule has 0 aliphatic rings. The average molecular weight is 414 g/mol. The molecule has 0 spiro atoms. The summed E-state index contributed by atoms with van der Waals surface area (Å²) in [6.45, 7) is -0.508. The van der Waals surface area contributed by atoms with Crippen molar-refractivity contribution in [2.75, 3.05) is 13.2 Å². The summed E-state index contributed by atoms with van der Waals surface area (Å²) in [4.78, 5) is 9.74. The van der Waals surface area contributed by atoms with Crippen LogP contribution in [0, 0.1) is 22.0 Å². The van der Waals surface area contributed by atoms with Gasteiger partial charge in [-0.25, -0.2) is 8.42 Å². The topological polar surface area (TPSA) is 98.5 Å². The molecule has 7 nitrogen and oxygen atoms in total. The van der Waals surface area contributed by atoms with Crippen LogP contribution in [0.5, 0.6) is 5.75 Å². The number of sulfonamides is 1. The van der Waals surface area contributed by atoms with Gasteiger partial charge < -0.3 is 4.74 Å². The van der Waals surface area contributed by atoms with Crippen LogP contribution in [0.3, 0.4) is 0 Å². The first kappa shape index (κ1) is 21.2. The SMILES string of the molecule is O=[N+]([O-])c1ccc(S(=O)(=O)NCC#CCOc2cccc(C(F)(F)F)c2)cc1. The molecule has 2 aromatic rings. The molecule has 0 radical (unpaired) electrons. The van der Waals surface area contributed by atoms with Crippen LogP contribution in [0.25, 0.3) is 0 Å². The van der Waals surface area contributed by atoms with Gasteiger partial charge in [-0.3, -0.25) is 10.1 Å². The molecule has 11 heteroatoms. The van der Waals surface area contributed by atoms with Crippen molar-refractivity contribution >= 4 is 15.7 Å². The predicted molar refractivity (Wildman–Crippen MR) is 93.0 cm³/mol. The highest BCUT2D eigenvalue weighted by Gasteiger charge is 2.30.